The number of thiazole rings is 1. The van der Waals surface area contributed by atoms with Crippen LogP contribution in [0.4, 0.5) is 0 Å². The first-order valence-corrected chi connectivity index (χ1v) is 6.35. The molecule has 0 spiro atoms. The van der Waals surface area contributed by atoms with Gasteiger partial charge < -0.3 is 0 Å². The van der Waals surface area contributed by atoms with E-state index in [1.807, 2.05) is 23.3 Å². The van der Waals surface area contributed by atoms with Gasteiger partial charge in [0, 0.05) is 28.5 Å². The van der Waals surface area contributed by atoms with Crippen molar-refractivity contribution in [3.8, 4) is 0 Å². The third-order valence-electron chi connectivity index (χ3n) is 1.49. The first-order chi connectivity index (χ1) is 5.83. The molecule has 0 N–H and O–H groups in total. The molecular weight excluding hydrogens is 210 g/mol. The van der Waals surface area contributed by atoms with Gasteiger partial charge in [-0.3, -0.25) is 0 Å². The summed E-state index contributed by atoms with van der Waals surface area (Å²) >= 11 is 9.27. The smallest absolute Gasteiger partial charge is 0.102 e. The Morgan fingerprint density at radius 1 is 1.75 bits per heavy atom. The average molecular weight is 222 g/mol. The fraction of sp³-hybridized carbons (Fsp3) is 0.625. The standard InChI is InChI=1S/C8H12ClNS2/c1-7(2-3-9)12-6-8-10-4-5-11-8/h4-5,7H,2-3,6H2,1H3. The van der Waals surface area contributed by atoms with Crippen LogP contribution in [0.25, 0.3) is 0 Å². The van der Waals surface area contributed by atoms with Crippen LogP contribution >= 0.6 is 34.7 Å². The molecule has 0 saturated heterocycles. The van der Waals surface area contributed by atoms with E-state index in [1.165, 1.54) is 5.01 Å². The van der Waals surface area contributed by atoms with Crippen LogP contribution in [0.5, 0.6) is 0 Å². The molecule has 1 atom stereocenters. The summed E-state index contributed by atoms with van der Waals surface area (Å²) in [4.78, 5) is 4.21. The van der Waals surface area contributed by atoms with E-state index in [1.54, 1.807) is 11.3 Å². The third-order valence-corrected chi connectivity index (χ3v) is 3.92. The summed E-state index contributed by atoms with van der Waals surface area (Å²) in [5, 5.41) is 3.87. The largest absolute Gasteiger partial charge is 0.249 e. The minimum Gasteiger partial charge on any atom is -0.249 e. The van der Waals surface area contributed by atoms with Gasteiger partial charge in [0.1, 0.15) is 5.01 Å². The summed E-state index contributed by atoms with van der Waals surface area (Å²) < 4.78 is 0. The van der Waals surface area contributed by atoms with Gasteiger partial charge in [-0.15, -0.1) is 22.9 Å². The highest BCUT2D eigenvalue weighted by molar-refractivity contribution is 7.99. The second-order valence-corrected chi connectivity index (χ2v) is 5.31. The van der Waals surface area contributed by atoms with Crippen LogP contribution in [0.3, 0.4) is 0 Å². The predicted molar refractivity (Wildman–Crippen MR) is 58.2 cm³/mol. The van der Waals surface area contributed by atoms with Crippen LogP contribution in [-0.4, -0.2) is 16.1 Å². The van der Waals surface area contributed by atoms with E-state index >= 15 is 0 Å². The molecule has 0 aliphatic heterocycles. The minimum atomic E-state index is 0.645. The number of thioether (sulfide) groups is 1. The molecule has 0 fully saturated rings. The van der Waals surface area contributed by atoms with E-state index in [0.717, 1.165) is 18.1 Å². The Morgan fingerprint density at radius 2 is 2.58 bits per heavy atom. The molecule has 1 rings (SSSR count). The monoisotopic (exact) mass is 221 g/mol. The van der Waals surface area contributed by atoms with Crippen LogP contribution in [-0.2, 0) is 5.75 Å². The molecular formula is C8H12ClNS2. The molecule has 0 saturated carbocycles. The molecule has 4 heteroatoms. The number of hydrogen-bond acceptors (Lipinski definition) is 3. The van der Waals surface area contributed by atoms with Crippen molar-refractivity contribution >= 4 is 34.7 Å². The molecule has 0 aliphatic carbocycles. The van der Waals surface area contributed by atoms with Gasteiger partial charge in [-0.25, -0.2) is 4.98 Å². The Bertz CT molecular complexity index is 201. The van der Waals surface area contributed by atoms with Crippen molar-refractivity contribution < 1.29 is 0 Å². The normalized spacial score (nSPS) is 13.2. The topological polar surface area (TPSA) is 12.9 Å². The predicted octanol–water partition coefficient (Wildman–Crippen LogP) is 3.39. The van der Waals surface area contributed by atoms with Crippen molar-refractivity contribution in [1.29, 1.82) is 0 Å². The molecule has 1 aromatic heterocycles. The second-order valence-electron chi connectivity index (χ2n) is 2.53. The Morgan fingerprint density at radius 3 is 3.17 bits per heavy atom. The van der Waals surface area contributed by atoms with Crippen LogP contribution in [0.15, 0.2) is 11.6 Å². The second kappa shape index (κ2) is 5.84. The lowest BCUT2D eigenvalue weighted by molar-refractivity contribution is 0.911. The summed E-state index contributed by atoms with van der Waals surface area (Å²) in [6, 6.07) is 0. The molecule has 0 bridgehead atoms. The molecule has 0 amide bonds. The summed E-state index contributed by atoms with van der Waals surface area (Å²) in [6.07, 6.45) is 2.93. The molecule has 1 nitrogen and oxygen atoms in total. The van der Waals surface area contributed by atoms with Crippen LogP contribution in [0, 0.1) is 0 Å². The minimum absolute atomic E-state index is 0.645. The van der Waals surface area contributed by atoms with Crippen LogP contribution in [0.2, 0.25) is 0 Å². The Balaban J connectivity index is 2.17. The number of aromatic nitrogens is 1. The molecule has 0 radical (unpaired) electrons. The summed E-state index contributed by atoms with van der Waals surface area (Å²) in [5.74, 6) is 1.78. The van der Waals surface area contributed by atoms with Crippen LogP contribution < -0.4 is 0 Å². The first-order valence-electron chi connectivity index (χ1n) is 3.89. The molecule has 12 heavy (non-hydrogen) atoms. The zero-order chi connectivity index (χ0) is 8.81. The van der Waals surface area contributed by atoms with Crippen molar-refractivity contribution in [2.45, 2.75) is 24.3 Å². The van der Waals surface area contributed by atoms with E-state index in [-0.39, 0.29) is 0 Å². The lowest BCUT2D eigenvalue weighted by Gasteiger charge is -2.06. The van der Waals surface area contributed by atoms with Crippen molar-refractivity contribution in [3.05, 3.63) is 16.6 Å². The lowest BCUT2D eigenvalue weighted by atomic mass is 10.4. The van der Waals surface area contributed by atoms with E-state index in [9.17, 15) is 0 Å². The quantitative estimate of drug-likeness (QED) is 0.707. The molecule has 0 aromatic carbocycles. The highest BCUT2D eigenvalue weighted by Crippen LogP contribution is 2.21. The van der Waals surface area contributed by atoms with Crippen molar-refractivity contribution in [2.24, 2.45) is 0 Å². The zero-order valence-corrected chi connectivity index (χ0v) is 9.38. The fourth-order valence-corrected chi connectivity index (χ4v) is 2.89. The van der Waals surface area contributed by atoms with E-state index in [4.69, 9.17) is 11.6 Å². The number of alkyl halides is 1. The zero-order valence-electron chi connectivity index (χ0n) is 7.00. The Labute approximate surface area is 86.5 Å². The van der Waals surface area contributed by atoms with Crippen LogP contribution in [0.1, 0.15) is 18.4 Å². The molecule has 1 unspecified atom stereocenters. The highest BCUT2D eigenvalue weighted by Gasteiger charge is 2.02. The number of nitrogens with zero attached hydrogens (tertiary/aromatic N) is 1. The molecule has 0 aliphatic rings. The number of halogens is 1. The van der Waals surface area contributed by atoms with Crippen molar-refractivity contribution in [1.82, 2.24) is 4.98 Å². The molecule has 68 valence electrons. The summed E-state index contributed by atoms with van der Waals surface area (Å²) in [5.41, 5.74) is 0. The lowest BCUT2D eigenvalue weighted by Crippen LogP contribution is -1.97. The van der Waals surface area contributed by atoms with Gasteiger partial charge in [0.05, 0.1) is 0 Å². The Hall–Kier alpha value is 0.270. The molecule has 1 aromatic rings. The van der Waals surface area contributed by atoms with Crippen molar-refractivity contribution in [2.75, 3.05) is 5.88 Å². The van der Waals surface area contributed by atoms with Gasteiger partial charge in [0.15, 0.2) is 0 Å². The highest BCUT2D eigenvalue weighted by atomic mass is 35.5. The number of rotatable bonds is 5. The van der Waals surface area contributed by atoms with Crippen molar-refractivity contribution in [3.63, 3.8) is 0 Å². The maximum Gasteiger partial charge on any atom is 0.102 e. The summed E-state index contributed by atoms with van der Waals surface area (Å²) in [6.45, 7) is 2.21. The van der Waals surface area contributed by atoms with E-state index in [2.05, 4.69) is 11.9 Å². The Kier molecular flexibility index (Phi) is 5.04. The summed E-state index contributed by atoms with van der Waals surface area (Å²) in [7, 11) is 0. The third kappa shape index (κ3) is 3.78. The van der Waals surface area contributed by atoms with Gasteiger partial charge in [0.2, 0.25) is 0 Å². The first kappa shape index (κ1) is 10.4. The van der Waals surface area contributed by atoms with Gasteiger partial charge in [0.25, 0.3) is 0 Å². The maximum absolute atomic E-state index is 5.63. The van der Waals surface area contributed by atoms with Gasteiger partial charge in [-0.2, -0.15) is 11.8 Å². The maximum atomic E-state index is 5.63. The SMILES string of the molecule is CC(CCCl)SCc1nccs1. The fourth-order valence-electron chi connectivity index (χ4n) is 0.775. The van der Waals surface area contributed by atoms with E-state index < -0.39 is 0 Å². The molecule has 1 heterocycles. The average Bonchev–Trinajstić information content (AvgIpc) is 2.53. The van der Waals surface area contributed by atoms with Gasteiger partial charge in [-0.05, 0) is 6.42 Å². The van der Waals surface area contributed by atoms with Gasteiger partial charge >= 0.3 is 0 Å². The number of hydrogen-bond donors (Lipinski definition) is 0. The van der Waals surface area contributed by atoms with Gasteiger partial charge in [-0.1, -0.05) is 6.92 Å². The van der Waals surface area contributed by atoms with E-state index in [0.29, 0.717) is 5.25 Å².